The number of aliphatic hydroxyl groups excluding tert-OH is 1. The molecule has 0 radical (unpaired) electrons. The SMILES string of the molecule is O=C(Nc1cccc(CO)n1)c1ccncc1. The van der Waals surface area contributed by atoms with Gasteiger partial charge in [0, 0.05) is 18.0 Å². The number of carbonyl (C=O) groups is 1. The first kappa shape index (κ1) is 11.2. The Labute approximate surface area is 98.2 Å². The van der Waals surface area contributed by atoms with E-state index in [4.69, 9.17) is 5.11 Å². The number of nitrogens with one attached hydrogen (secondary N) is 1. The Balaban J connectivity index is 2.13. The van der Waals surface area contributed by atoms with Gasteiger partial charge in [-0.1, -0.05) is 6.07 Å². The zero-order chi connectivity index (χ0) is 12.1. The van der Waals surface area contributed by atoms with Crippen molar-refractivity contribution >= 4 is 11.7 Å². The highest BCUT2D eigenvalue weighted by molar-refractivity contribution is 6.03. The molecule has 0 spiro atoms. The molecule has 0 aliphatic heterocycles. The van der Waals surface area contributed by atoms with Crippen molar-refractivity contribution in [1.29, 1.82) is 0 Å². The lowest BCUT2D eigenvalue weighted by molar-refractivity contribution is 0.102. The van der Waals surface area contributed by atoms with Crippen LogP contribution in [-0.4, -0.2) is 21.0 Å². The highest BCUT2D eigenvalue weighted by Crippen LogP contribution is 2.07. The third-order valence-electron chi connectivity index (χ3n) is 2.15. The van der Waals surface area contributed by atoms with Gasteiger partial charge in [0.25, 0.3) is 5.91 Å². The van der Waals surface area contributed by atoms with E-state index < -0.39 is 0 Å². The fraction of sp³-hybridized carbons (Fsp3) is 0.0833. The maximum Gasteiger partial charge on any atom is 0.256 e. The van der Waals surface area contributed by atoms with Gasteiger partial charge in [-0.2, -0.15) is 0 Å². The van der Waals surface area contributed by atoms with Gasteiger partial charge in [0.2, 0.25) is 0 Å². The summed E-state index contributed by atoms with van der Waals surface area (Å²) in [5.41, 5.74) is 1.02. The second-order valence-electron chi connectivity index (χ2n) is 3.36. The van der Waals surface area contributed by atoms with Gasteiger partial charge in [0.15, 0.2) is 0 Å². The van der Waals surface area contributed by atoms with E-state index in [2.05, 4.69) is 15.3 Å². The van der Waals surface area contributed by atoms with Crippen LogP contribution in [0.25, 0.3) is 0 Å². The Kier molecular flexibility index (Phi) is 3.42. The molecule has 0 bridgehead atoms. The summed E-state index contributed by atoms with van der Waals surface area (Å²) in [7, 11) is 0. The zero-order valence-corrected chi connectivity index (χ0v) is 9.00. The summed E-state index contributed by atoms with van der Waals surface area (Å²) in [5.74, 6) is 0.161. The molecule has 2 N–H and O–H groups in total. The van der Waals surface area contributed by atoms with Gasteiger partial charge in [-0.05, 0) is 24.3 Å². The summed E-state index contributed by atoms with van der Waals surface area (Å²) >= 11 is 0. The first-order valence-corrected chi connectivity index (χ1v) is 5.08. The predicted octanol–water partition coefficient (Wildman–Crippen LogP) is 1.22. The van der Waals surface area contributed by atoms with E-state index in [0.29, 0.717) is 17.1 Å². The summed E-state index contributed by atoms with van der Waals surface area (Å²) in [6.07, 6.45) is 3.10. The van der Waals surface area contributed by atoms with Crippen molar-refractivity contribution in [2.45, 2.75) is 6.61 Å². The number of amides is 1. The Morgan fingerprint density at radius 3 is 2.71 bits per heavy atom. The normalized spacial score (nSPS) is 9.94. The molecule has 1 amide bonds. The molecule has 17 heavy (non-hydrogen) atoms. The molecule has 0 unspecified atom stereocenters. The van der Waals surface area contributed by atoms with Crippen molar-refractivity contribution in [3.05, 3.63) is 54.0 Å². The minimum Gasteiger partial charge on any atom is -0.390 e. The molecule has 0 saturated carbocycles. The molecular formula is C12H11N3O2. The van der Waals surface area contributed by atoms with Crippen LogP contribution in [0.3, 0.4) is 0 Å². The quantitative estimate of drug-likeness (QED) is 0.829. The molecule has 0 saturated heterocycles. The van der Waals surface area contributed by atoms with Crippen LogP contribution in [-0.2, 0) is 6.61 Å². The van der Waals surface area contributed by atoms with Gasteiger partial charge in [0.05, 0.1) is 12.3 Å². The standard InChI is InChI=1S/C12H11N3O2/c16-8-10-2-1-3-11(14-10)15-12(17)9-4-6-13-7-5-9/h1-7,16H,8H2,(H,14,15,17). The number of hydrogen-bond donors (Lipinski definition) is 2. The molecule has 0 aliphatic rings. The monoisotopic (exact) mass is 229 g/mol. The third-order valence-corrected chi connectivity index (χ3v) is 2.15. The van der Waals surface area contributed by atoms with E-state index in [1.165, 1.54) is 0 Å². The van der Waals surface area contributed by atoms with E-state index in [1.807, 2.05) is 0 Å². The minimum absolute atomic E-state index is 0.154. The van der Waals surface area contributed by atoms with E-state index in [1.54, 1.807) is 42.7 Å². The first-order chi connectivity index (χ1) is 8.29. The number of rotatable bonds is 3. The van der Waals surface area contributed by atoms with E-state index >= 15 is 0 Å². The number of nitrogens with zero attached hydrogens (tertiary/aromatic N) is 2. The van der Waals surface area contributed by atoms with Crippen LogP contribution >= 0.6 is 0 Å². The molecule has 2 rings (SSSR count). The Hall–Kier alpha value is -2.27. The molecular weight excluding hydrogens is 218 g/mol. The van der Waals surface area contributed by atoms with E-state index in [-0.39, 0.29) is 12.5 Å². The second-order valence-corrected chi connectivity index (χ2v) is 3.36. The van der Waals surface area contributed by atoms with Crippen molar-refractivity contribution in [1.82, 2.24) is 9.97 Å². The summed E-state index contributed by atoms with van der Waals surface area (Å²) < 4.78 is 0. The highest BCUT2D eigenvalue weighted by atomic mass is 16.3. The molecule has 0 aliphatic carbocycles. The smallest absolute Gasteiger partial charge is 0.256 e. The average molecular weight is 229 g/mol. The number of aliphatic hydroxyl groups is 1. The lowest BCUT2D eigenvalue weighted by Crippen LogP contribution is -2.13. The molecule has 2 aromatic heterocycles. The topological polar surface area (TPSA) is 75.1 Å². The summed E-state index contributed by atoms with van der Waals surface area (Å²) in [6.45, 7) is -0.154. The first-order valence-electron chi connectivity index (χ1n) is 5.08. The van der Waals surface area contributed by atoms with Crippen molar-refractivity contribution in [3.63, 3.8) is 0 Å². The molecule has 0 aromatic carbocycles. The largest absolute Gasteiger partial charge is 0.390 e. The number of pyridine rings is 2. The van der Waals surface area contributed by atoms with Crippen molar-refractivity contribution < 1.29 is 9.90 Å². The third kappa shape index (κ3) is 2.85. The lowest BCUT2D eigenvalue weighted by atomic mass is 10.2. The van der Waals surface area contributed by atoms with Crippen LogP contribution in [0.1, 0.15) is 16.1 Å². The van der Waals surface area contributed by atoms with Crippen LogP contribution in [0.2, 0.25) is 0 Å². The lowest BCUT2D eigenvalue weighted by Gasteiger charge is -2.05. The van der Waals surface area contributed by atoms with Gasteiger partial charge in [-0.15, -0.1) is 0 Å². The molecule has 0 fully saturated rings. The Morgan fingerprint density at radius 1 is 1.24 bits per heavy atom. The van der Waals surface area contributed by atoms with E-state index in [0.717, 1.165) is 0 Å². The van der Waals surface area contributed by atoms with Gasteiger partial charge in [-0.25, -0.2) is 4.98 Å². The summed E-state index contributed by atoms with van der Waals surface area (Å²) in [6, 6.07) is 8.30. The maximum atomic E-state index is 11.8. The number of hydrogen-bond acceptors (Lipinski definition) is 4. The van der Waals surface area contributed by atoms with Crippen molar-refractivity contribution in [2.75, 3.05) is 5.32 Å². The van der Waals surface area contributed by atoms with Gasteiger partial charge in [-0.3, -0.25) is 9.78 Å². The maximum absolute atomic E-state index is 11.8. The van der Waals surface area contributed by atoms with Crippen molar-refractivity contribution in [3.8, 4) is 0 Å². The zero-order valence-electron chi connectivity index (χ0n) is 9.00. The Bertz CT molecular complexity index is 514. The second kappa shape index (κ2) is 5.18. The molecule has 2 heterocycles. The van der Waals surface area contributed by atoms with Gasteiger partial charge >= 0.3 is 0 Å². The minimum atomic E-state index is -0.255. The molecule has 2 aromatic rings. The molecule has 5 heteroatoms. The summed E-state index contributed by atoms with van der Waals surface area (Å²) in [4.78, 5) is 19.7. The number of carbonyl (C=O) groups excluding carboxylic acids is 1. The fourth-order valence-corrected chi connectivity index (χ4v) is 1.33. The van der Waals surface area contributed by atoms with Crippen LogP contribution in [0.5, 0.6) is 0 Å². The van der Waals surface area contributed by atoms with Crippen LogP contribution in [0.4, 0.5) is 5.82 Å². The predicted molar refractivity (Wildman–Crippen MR) is 62.4 cm³/mol. The highest BCUT2D eigenvalue weighted by Gasteiger charge is 2.06. The fourth-order valence-electron chi connectivity index (χ4n) is 1.33. The molecule has 86 valence electrons. The molecule has 5 nitrogen and oxygen atoms in total. The van der Waals surface area contributed by atoms with Gasteiger partial charge in [0.1, 0.15) is 5.82 Å². The van der Waals surface area contributed by atoms with Crippen LogP contribution in [0.15, 0.2) is 42.7 Å². The van der Waals surface area contributed by atoms with Gasteiger partial charge < -0.3 is 10.4 Å². The van der Waals surface area contributed by atoms with Crippen LogP contribution in [0, 0.1) is 0 Å². The Morgan fingerprint density at radius 2 is 2.00 bits per heavy atom. The van der Waals surface area contributed by atoms with Crippen molar-refractivity contribution in [2.24, 2.45) is 0 Å². The average Bonchev–Trinajstić information content (AvgIpc) is 2.40. The number of anilines is 1. The summed E-state index contributed by atoms with van der Waals surface area (Å²) in [5, 5.41) is 11.6. The van der Waals surface area contributed by atoms with E-state index in [9.17, 15) is 4.79 Å². The molecule has 0 atom stereocenters. The number of aromatic nitrogens is 2. The van der Waals surface area contributed by atoms with Crippen LogP contribution < -0.4 is 5.32 Å².